The molecule has 7 rings (SSSR count). The second kappa shape index (κ2) is 9.58. The third kappa shape index (κ3) is 4.83. The summed E-state index contributed by atoms with van der Waals surface area (Å²) in [6.07, 6.45) is 13.2. The van der Waals surface area contributed by atoms with Crippen molar-refractivity contribution in [3.63, 3.8) is 0 Å². The van der Waals surface area contributed by atoms with Crippen LogP contribution in [0, 0.1) is 0 Å². The van der Waals surface area contributed by atoms with Crippen LogP contribution in [0.5, 0.6) is 0 Å². The Balaban J connectivity index is 1.06. The molecule has 2 N–H and O–H groups in total. The van der Waals surface area contributed by atoms with Gasteiger partial charge in [-0.3, -0.25) is 4.79 Å². The molecule has 1 saturated carbocycles. The number of H-pyrrole nitrogens is 1. The summed E-state index contributed by atoms with van der Waals surface area (Å²) in [6, 6.07) is 5.84. The van der Waals surface area contributed by atoms with Gasteiger partial charge in [-0.25, -0.2) is 14.6 Å². The Hall–Kier alpha value is -4.65. The number of tetrazole rings is 1. The monoisotopic (exact) mass is 542 g/mol. The molecule has 1 aliphatic rings. The molecule has 13 nitrogen and oxygen atoms in total. The van der Waals surface area contributed by atoms with E-state index >= 15 is 0 Å². The zero-order chi connectivity index (χ0) is 26.3. The number of nitrogens with zero attached hydrogens (tertiary/aromatic N) is 10. The first-order chi connectivity index (χ1) is 19.1. The smallest absolute Gasteiger partial charge is 0.273 e. The molecule has 196 valence electrons. The number of aromatic nitrogens is 11. The van der Waals surface area contributed by atoms with Crippen LogP contribution in [0.2, 0.25) is 5.02 Å². The molecule has 1 fully saturated rings. The van der Waals surface area contributed by atoms with E-state index in [9.17, 15) is 4.79 Å². The van der Waals surface area contributed by atoms with Crippen LogP contribution in [0.25, 0.3) is 11.2 Å². The Bertz CT molecular complexity index is 1800. The van der Waals surface area contributed by atoms with Crippen molar-refractivity contribution >= 4 is 28.7 Å². The van der Waals surface area contributed by atoms with Gasteiger partial charge in [-0.05, 0) is 48.4 Å². The first-order valence-electron chi connectivity index (χ1n) is 12.6. The number of amides is 1. The van der Waals surface area contributed by atoms with Gasteiger partial charge < -0.3 is 14.1 Å². The predicted molar refractivity (Wildman–Crippen MR) is 139 cm³/mol. The van der Waals surface area contributed by atoms with Gasteiger partial charge in [-0.2, -0.15) is 5.21 Å². The van der Waals surface area contributed by atoms with Crippen molar-refractivity contribution in [3.8, 4) is 0 Å². The Kier molecular flexibility index (Phi) is 5.77. The van der Waals surface area contributed by atoms with E-state index in [0.717, 1.165) is 28.8 Å². The highest BCUT2D eigenvalue weighted by molar-refractivity contribution is 6.30. The van der Waals surface area contributed by atoms with E-state index in [4.69, 9.17) is 16.6 Å². The number of halogens is 1. The molecule has 6 heterocycles. The molecule has 0 unspecified atom stereocenters. The van der Waals surface area contributed by atoms with Crippen molar-refractivity contribution in [2.24, 2.45) is 0 Å². The van der Waals surface area contributed by atoms with Crippen molar-refractivity contribution in [1.29, 1.82) is 0 Å². The number of hydrogen-bond donors (Lipinski definition) is 2. The van der Waals surface area contributed by atoms with Crippen molar-refractivity contribution < 1.29 is 4.79 Å². The van der Waals surface area contributed by atoms with Crippen molar-refractivity contribution in [3.05, 3.63) is 88.4 Å². The number of carbonyl (C=O) groups is 1. The van der Waals surface area contributed by atoms with Crippen molar-refractivity contribution in [2.75, 3.05) is 0 Å². The van der Waals surface area contributed by atoms with Crippen molar-refractivity contribution in [2.45, 2.75) is 44.7 Å². The van der Waals surface area contributed by atoms with E-state index in [1.54, 1.807) is 23.3 Å². The van der Waals surface area contributed by atoms with Gasteiger partial charge in [0.2, 0.25) is 0 Å². The molecule has 1 aliphatic carbocycles. The zero-order valence-electron chi connectivity index (χ0n) is 20.7. The van der Waals surface area contributed by atoms with Crippen LogP contribution in [0.15, 0.2) is 49.3 Å². The largest absolute Gasteiger partial charge is 0.345 e. The van der Waals surface area contributed by atoms with Crippen LogP contribution in [-0.4, -0.2) is 60.3 Å². The fourth-order valence-electron chi connectivity index (χ4n) is 4.73. The zero-order valence-corrected chi connectivity index (χ0v) is 21.5. The SMILES string of the molecule is O=C(NCc1ncn2ccc(Cl)cc12)c1cn(Cc2cn3cc(C4CC4)cc(CCc4nn[nH]n4)c3n2)nn1. The highest BCUT2D eigenvalue weighted by atomic mass is 35.5. The number of carbonyl (C=O) groups excluding carboxylic acids is 1. The maximum Gasteiger partial charge on any atom is 0.273 e. The standard InChI is InChI=1S/C25H23ClN12O/c26-18-5-6-36-14-28-20(22(36)8-18)9-27-25(39)21-13-38(35-30-21)12-19-11-37-10-17(15-1-2-15)7-16(24(37)29-19)3-4-23-31-33-34-32-23/h5-8,10-11,13-15H,1-4,9,12H2,(H,27,39)(H,31,32,33,34). The third-order valence-corrected chi connectivity index (χ3v) is 7.08. The van der Waals surface area contributed by atoms with Gasteiger partial charge in [0.05, 0.1) is 42.5 Å². The number of hydrogen-bond acceptors (Lipinski definition) is 8. The van der Waals surface area contributed by atoms with Gasteiger partial charge in [-0.1, -0.05) is 28.1 Å². The summed E-state index contributed by atoms with van der Waals surface area (Å²) in [5.41, 5.74) is 5.94. The van der Waals surface area contributed by atoms with Crippen LogP contribution in [0.1, 0.15) is 57.6 Å². The van der Waals surface area contributed by atoms with Crippen LogP contribution in [-0.2, 0) is 25.9 Å². The molecule has 0 saturated heterocycles. The van der Waals surface area contributed by atoms with E-state index in [1.165, 1.54) is 18.4 Å². The van der Waals surface area contributed by atoms with E-state index in [2.05, 4.69) is 57.9 Å². The molecule has 0 radical (unpaired) electrons. The molecular formula is C25H23ClN12O. The lowest BCUT2D eigenvalue weighted by Gasteiger charge is -2.06. The minimum Gasteiger partial charge on any atom is -0.345 e. The maximum atomic E-state index is 12.7. The summed E-state index contributed by atoms with van der Waals surface area (Å²) in [6.45, 7) is 0.625. The van der Waals surface area contributed by atoms with Crippen LogP contribution < -0.4 is 5.32 Å². The van der Waals surface area contributed by atoms with Crippen LogP contribution in [0.3, 0.4) is 0 Å². The second-order valence-corrected chi connectivity index (χ2v) is 10.1. The fourth-order valence-corrected chi connectivity index (χ4v) is 4.89. The first-order valence-corrected chi connectivity index (χ1v) is 13.0. The van der Waals surface area contributed by atoms with E-state index < -0.39 is 0 Å². The molecule has 0 spiro atoms. The maximum absolute atomic E-state index is 12.7. The summed E-state index contributed by atoms with van der Waals surface area (Å²) in [7, 11) is 0. The Morgan fingerprint density at radius 2 is 2.05 bits per heavy atom. The average molecular weight is 543 g/mol. The fraction of sp³-hybridized carbons (Fsp3) is 0.280. The summed E-state index contributed by atoms with van der Waals surface area (Å²) >= 11 is 6.11. The van der Waals surface area contributed by atoms with E-state index in [1.807, 2.05) is 22.9 Å². The number of imidazole rings is 2. The second-order valence-electron chi connectivity index (χ2n) is 9.68. The lowest BCUT2D eigenvalue weighted by Crippen LogP contribution is -2.23. The number of rotatable bonds is 9. The van der Waals surface area contributed by atoms with Gasteiger partial charge in [0.25, 0.3) is 5.91 Å². The molecule has 1 amide bonds. The molecule has 39 heavy (non-hydrogen) atoms. The number of aryl methyl sites for hydroxylation is 2. The van der Waals surface area contributed by atoms with E-state index in [-0.39, 0.29) is 18.1 Å². The highest BCUT2D eigenvalue weighted by Crippen LogP contribution is 2.40. The van der Waals surface area contributed by atoms with Gasteiger partial charge in [-0.15, -0.1) is 15.3 Å². The Morgan fingerprint density at radius 3 is 2.90 bits per heavy atom. The van der Waals surface area contributed by atoms with Crippen molar-refractivity contribution in [1.82, 2.24) is 59.7 Å². The van der Waals surface area contributed by atoms with Gasteiger partial charge >= 0.3 is 0 Å². The first kappa shape index (κ1) is 23.5. The van der Waals surface area contributed by atoms with Gasteiger partial charge in [0.15, 0.2) is 11.5 Å². The third-order valence-electron chi connectivity index (χ3n) is 6.85. The molecular weight excluding hydrogens is 520 g/mol. The molecule has 0 atom stereocenters. The summed E-state index contributed by atoms with van der Waals surface area (Å²) < 4.78 is 5.55. The Labute approximate surface area is 226 Å². The van der Waals surface area contributed by atoms with Crippen LogP contribution >= 0.6 is 11.6 Å². The molecule has 6 aromatic rings. The summed E-state index contributed by atoms with van der Waals surface area (Å²) in [4.78, 5) is 22.0. The van der Waals surface area contributed by atoms with Crippen LogP contribution in [0.4, 0.5) is 0 Å². The predicted octanol–water partition coefficient (Wildman–Crippen LogP) is 2.38. The highest BCUT2D eigenvalue weighted by Gasteiger charge is 2.25. The topological polar surface area (TPSA) is 149 Å². The Morgan fingerprint density at radius 1 is 1.13 bits per heavy atom. The number of aromatic amines is 1. The van der Waals surface area contributed by atoms with Gasteiger partial charge in [0.1, 0.15) is 5.65 Å². The van der Waals surface area contributed by atoms with Gasteiger partial charge in [0, 0.05) is 30.0 Å². The molecule has 6 aromatic heterocycles. The summed E-state index contributed by atoms with van der Waals surface area (Å²) in [5.74, 6) is 0.949. The van der Waals surface area contributed by atoms with E-state index in [0.29, 0.717) is 35.4 Å². The average Bonchev–Trinajstić information content (AvgIpc) is 3.31. The minimum atomic E-state index is -0.336. The lowest BCUT2D eigenvalue weighted by atomic mass is 10.1. The molecule has 0 aromatic carbocycles. The number of fused-ring (bicyclic) bond motifs is 2. The molecule has 0 aliphatic heterocycles. The minimum absolute atomic E-state index is 0.220. The number of pyridine rings is 2. The normalized spacial score (nSPS) is 13.5. The molecule has 0 bridgehead atoms. The quantitative estimate of drug-likeness (QED) is 0.283. The number of nitrogens with one attached hydrogen (secondary N) is 2. The summed E-state index contributed by atoms with van der Waals surface area (Å²) in [5, 5.41) is 26.0. The lowest BCUT2D eigenvalue weighted by molar-refractivity contribution is 0.0945. The molecule has 14 heteroatoms.